The molecule has 144 valence electrons. The van der Waals surface area contributed by atoms with Gasteiger partial charge >= 0.3 is 0 Å². The van der Waals surface area contributed by atoms with Gasteiger partial charge in [0.1, 0.15) is 22.3 Å². The zero-order valence-electron chi connectivity index (χ0n) is 15.5. The molecule has 0 saturated heterocycles. The van der Waals surface area contributed by atoms with Gasteiger partial charge in [-0.25, -0.2) is 9.97 Å². The van der Waals surface area contributed by atoms with Crippen molar-refractivity contribution in [1.82, 2.24) is 9.97 Å². The smallest absolute Gasteiger partial charge is 0.258 e. The number of benzene rings is 1. The Kier molecular flexibility index (Phi) is 6.33. The molecule has 0 atom stereocenters. The van der Waals surface area contributed by atoms with Gasteiger partial charge in [-0.15, -0.1) is 11.8 Å². The molecule has 0 unspecified atom stereocenters. The molecule has 2 heterocycles. The van der Waals surface area contributed by atoms with Gasteiger partial charge in [-0.2, -0.15) is 0 Å². The first kappa shape index (κ1) is 19.5. The van der Waals surface area contributed by atoms with Crippen LogP contribution in [-0.4, -0.2) is 30.1 Å². The lowest BCUT2D eigenvalue weighted by Crippen LogP contribution is -2.14. The van der Waals surface area contributed by atoms with E-state index in [-0.39, 0.29) is 5.91 Å². The van der Waals surface area contributed by atoms with E-state index >= 15 is 0 Å². The second-order valence-electron chi connectivity index (χ2n) is 5.75. The number of amides is 1. The van der Waals surface area contributed by atoms with E-state index in [1.165, 1.54) is 11.8 Å². The number of nitrogens with one attached hydrogen (secondary N) is 1. The minimum Gasteiger partial charge on any atom is -0.497 e. The number of hydrogen-bond donors (Lipinski definition) is 2. The molecule has 0 bridgehead atoms. The molecule has 0 spiro atoms. The van der Waals surface area contributed by atoms with E-state index in [1.807, 2.05) is 18.2 Å². The van der Waals surface area contributed by atoms with Crippen molar-refractivity contribution < 1.29 is 14.3 Å². The number of nitrogens with two attached hydrogens (primary N) is 1. The molecular formula is C20H20N4O3S. The van der Waals surface area contributed by atoms with E-state index in [1.54, 1.807) is 50.9 Å². The number of aromatic nitrogens is 2. The van der Waals surface area contributed by atoms with Crippen LogP contribution in [0.1, 0.15) is 15.9 Å². The van der Waals surface area contributed by atoms with E-state index in [9.17, 15) is 4.79 Å². The van der Waals surface area contributed by atoms with E-state index in [4.69, 9.17) is 15.2 Å². The standard InChI is InChI=1S/C20H20N4O3S/c1-26-15-6-5-13(17(11-15)27-2)12-28-20-16(4-3-8-23-20)19(25)24-14-7-9-22-18(21)10-14/h3-11H,12H2,1-2H3,(H3,21,22,24,25). The zero-order chi connectivity index (χ0) is 19.9. The summed E-state index contributed by atoms with van der Waals surface area (Å²) in [5.41, 5.74) is 7.70. The third kappa shape index (κ3) is 4.72. The second-order valence-corrected chi connectivity index (χ2v) is 6.71. The normalized spacial score (nSPS) is 10.4. The van der Waals surface area contributed by atoms with Gasteiger partial charge in [0.15, 0.2) is 0 Å². The van der Waals surface area contributed by atoms with E-state index in [2.05, 4.69) is 15.3 Å². The molecule has 0 fully saturated rings. The molecule has 3 N–H and O–H groups in total. The summed E-state index contributed by atoms with van der Waals surface area (Å²) in [5.74, 6) is 2.11. The third-order valence-corrected chi connectivity index (χ3v) is 4.97. The Labute approximate surface area is 167 Å². The molecule has 0 aliphatic carbocycles. The molecule has 1 amide bonds. The quantitative estimate of drug-likeness (QED) is 0.588. The van der Waals surface area contributed by atoms with Gasteiger partial charge in [-0.3, -0.25) is 4.79 Å². The van der Waals surface area contributed by atoms with E-state index in [0.29, 0.717) is 27.8 Å². The molecule has 2 aromatic heterocycles. The first-order chi connectivity index (χ1) is 13.6. The van der Waals surface area contributed by atoms with Gasteiger partial charge in [-0.1, -0.05) is 6.07 Å². The lowest BCUT2D eigenvalue weighted by molar-refractivity contribution is 0.102. The Bertz CT molecular complexity index is 981. The van der Waals surface area contributed by atoms with Crippen molar-refractivity contribution >= 4 is 29.2 Å². The summed E-state index contributed by atoms with van der Waals surface area (Å²) in [7, 11) is 3.22. The highest BCUT2D eigenvalue weighted by Gasteiger charge is 2.14. The first-order valence-electron chi connectivity index (χ1n) is 8.42. The van der Waals surface area contributed by atoms with Crippen LogP contribution >= 0.6 is 11.8 Å². The fourth-order valence-electron chi connectivity index (χ4n) is 2.52. The summed E-state index contributed by atoms with van der Waals surface area (Å²) in [6, 6.07) is 12.4. The number of ether oxygens (including phenoxy) is 2. The number of carbonyl (C=O) groups excluding carboxylic acids is 1. The third-order valence-electron chi connectivity index (χ3n) is 3.91. The van der Waals surface area contributed by atoms with Crippen LogP contribution in [0.25, 0.3) is 0 Å². The Morgan fingerprint density at radius 3 is 2.71 bits per heavy atom. The summed E-state index contributed by atoms with van der Waals surface area (Å²) in [6.07, 6.45) is 3.20. The molecule has 28 heavy (non-hydrogen) atoms. The van der Waals surface area contributed by atoms with Crippen molar-refractivity contribution in [2.45, 2.75) is 10.8 Å². The number of pyridine rings is 2. The summed E-state index contributed by atoms with van der Waals surface area (Å²) in [4.78, 5) is 21.0. The second kappa shape index (κ2) is 9.09. The number of nitrogens with zero attached hydrogens (tertiary/aromatic N) is 2. The number of methoxy groups -OCH3 is 2. The predicted molar refractivity (Wildman–Crippen MR) is 110 cm³/mol. The summed E-state index contributed by atoms with van der Waals surface area (Å²) < 4.78 is 10.7. The van der Waals surface area contributed by atoms with Gasteiger partial charge in [-0.05, 0) is 24.3 Å². The molecule has 3 rings (SSSR count). The van der Waals surface area contributed by atoms with Gasteiger partial charge in [0.25, 0.3) is 5.91 Å². The molecule has 8 heteroatoms. The summed E-state index contributed by atoms with van der Waals surface area (Å²) in [6.45, 7) is 0. The predicted octanol–water partition coefficient (Wildman–Crippen LogP) is 3.62. The van der Waals surface area contributed by atoms with Crippen LogP contribution in [0.2, 0.25) is 0 Å². The lowest BCUT2D eigenvalue weighted by Gasteiger charge is -2.12. The van der Waals surface area contributed by atoms with E-state index < -0.39 is 0 Å². The molecule has 3 aromatic rings. The van der Waals surface area contributed by atoms with Crippen LogP contribution in [0, 0.1) is 0 Å². The van der Waals surface area contributed by atoms with Crippen LogP contribution < -0.4 is 20.5 Å². The zero-order valence-corrected chi connectivity index (χ0v) is 16.3. The lowest BCUT2D eigenvalue weighted by atomic mass is 10.2. The Morgan fingerprint density at radius 1 is 1.11 bits per heavy atom. The average Bonchev–Trinajstić information content (AvgIpc) is 2.72. The number of rotatable bonds is 7. The number of hydrogen-bond acceptors (Lipinski definition) is 7. The Balaban J connectivity index is 1.76. The SMILES string of the molecule is COc1ccc(CSc2ncccc2C(=O)Nc2ccnc(N)c2)c(OC)c1. The largest absolute Gasteiger partial charge is 0.497 e. The highest BCUT2D eigenvalue weighted by molar-refractivity contribution is 7.98. The van der Waals surface area contributed by atoms with Crippen molar-refractivity contribution in [2.24, 2.45) is 0 Å². The van der Waals surface area contributed by atoms with Crippen LogP contribution in [0.15, 0.2) is 59.9 Å². The number of carbonyl (C=O) groups is 1. The van der Waals surface area contributed by atoms with Crippen LogP contribution in [0.3, 0.4) is 0 Å². The van der Waals surface area contributed by atoms with Crippen molar-refractivity contribution in [3.05, 3.63) is 66.0 Å². The highest BCUT2D eigenvalue weighted by Crippen LogP contribution is 2.31. The maximum atomic E-state index is 12.7. The molecule has 0 radical (unpaired) electrons. The molecule has 0 aliphatic rings. The first-order valence-corrected chi connectivity index (χ1v) is 9.41. The number of nitrogen functional groups attached to an aromatic ring is 1. The number of thioether (sulfide) groups is 1. The fourth-order valence-corrected chi connectivity index (χ4v) is 3.50. The minimum absolute atomic E-state index is 0.261. The van der Waals surface area contributed by atoms with Gasteiger partial charge in [0.2, 0.25) is 0 Å². The van der Waals surface area contributed by atoms with Crippen molar-refractivity contribution in [3.63, 3.8) is 0 Å². The van der Waals surface area contributed by atoms with Crippen molar-refractivity contribution in [3.8, 4) is 11.5 Å². The highest BCUT2D eigenvalue weighted by atomic mass is 32.2. The molecule has 0 aliphatic heterocycles. The Morgan fingerprint density at radius 2 is 1.96 bits per heavy atom. The monoisotopic (exact) mass is 396 g/mol. The Hall–Kier alpha value is -3.26. The maximum Gasteiger partial charge on any atom is 0.258 e. The van der Waals surface area contributed by atoms with Crippen LogP contribution in [-0.2, 0) is 5.75 Å². The van der Waals surface area contributed by atoms with Crippen molar-refractivity contribution in [1.29, 1.82) is 0 Å². The van der Waals surface area contributed by atoms with Crippen LogP contribution in [0.5, 0.6) is 11.5 Å². The maximum absolute atomic E-state index is 12.7. The molecule has 1 aromatic carbocycles. The molecule has 7 nitrogen and oxygen atoms in total. The topological polar surface area (TPSA) is 99.4 Å². The summed E-state index contributed by atoms with van der Waals surface area (Å²) in [5, 5.41) is 3.45. The van der Waals surface area contributed by atoms with E-state index in [0.717, 1.165) is 17.1 Å². The van der Waals surface area contributed by atoms with Crippen LogP contribution in [0.4, 0.5) is 11.5 Å². The minimum atomic E-state index is -0.261. The average molecular weight is 396 g/mol. The molecular weight excluding hydrogens is 376 g/mol. The molecule has 0 saturated carbocycles. The van der Waals surface area contributed by atoms with Gasteiger partial charge < -0.3 is 20.5 Å². The van der Waals surface area contributed by atoms with Gasteiger partial charge in [0.05, 0.1) is 19.8 Å². The summed E-state index contributed by atoms with van der Waals surface area (Å²) >= 11 is 1.46. The van der Waals surface area contributed by atoms with Gasteiger partial charge in [0, 0.05) is 41.5 Å². The van der Waals surface area contributed by atoms with Crippen molar-refractivity contribution in [2.75, 3.05) is 25.3 Å². The fraction of sp³-hybridized carbons (Fsp3) is 0.150. The number of anilines is 2.